The van der Waals surface area contributed by atoms with Gasteiger partial charge in [-0.2, -0.15) is 5.21 Å². The van der Waals surface area contributed by atoms with Crippen LogP contribution < -0.4 is 4.90 Å². The topological polar surface area (TPSA) is 66.9 Å². The molecule has 1 heterocycles. The summed E-state index contributed by atoms with van der Waals surface area (Å²) in [5.74, 6) is 0.576. The fourth-order valence-corrected chi connectivity index (χ4v) is 1.42. The number of aromatic nitrogens is 4. The summed E-state index contributed by atoms with van der Waals surface area (Å²) < 4.78 is 5.44. The van der Waals surface area contributed by atoms with Crippen molar-refractivity contribution in [2.75, 3.05) is 25.1 Å². The van der Waals surface area contributed by atoms with Gasteiger partial charge >= 0.3 is 0 Å². The van der Waals surface area contributed by atoms with E-state index in [0.717, 1.165) is 6.54 Å². The SMILES string of the molecule is CN(CCOCc1nn[nH]n1)c1ccccc1. The molecule has 6 nitrogen and oxygen atoms in total. The van der Waals surface area contributed by atoms with Gasteiger partial charge in [0.05, 0.1) is 6.61 Å². The number of ether oxygens (including phenoxy) is 1. The van der Waals surface area contributed by atoms with Crippen molar-refractivity contribution in [2.45, 2.75) is 6.61 Å². The molecule has 2 rings (SSSR count). The number of nitrogens with zero attached hydrogens (tertiary/aromatic N) is 4. The summed E-state index contributed by atoms with van der Waals surface area (Å²) in [4.78, 5) is 2.14. The van der Waals surface area contributed by atoms with E-state index in [1.807, 2.05) is 25.2 Å². The van der Waals surface area contributed by atoms with Crippen molar-refractivity contribution in [1.82, 2.24) is 20.6 Å². The van der Waals surface area contributed by atoms with Crippen molar-refractivity contribution in [1.29, 1.82) is 0 Å². The van der Waals surface area contributed by atoms with Gasteiger partial charge in [-0.05, 0) is 12.1 Å². The number of tetrazole rings is 1. The summed E-state index contributed by atoms with van der Waals surface area (Å²) in [6.45, 7) is 1.83. The normalized spacial score (nSPS) is 10.4. The van der Waals surface area contributed by atoms with E-state index in [4.69, 9.17) is 4.74 Å². The Morgan fingerprint density at radius 3 is 2.82 bits per heavy atom. The lowest BCUT2D eigenvalue weighted by Crippen LogP contribution is -2.22. The van der Waals surface area contributed by atoms with E-state index >= 15 is 0 Å². The number of H-pyrrole nitrogens is 1. The van der Waals surface area contributed by atoms with Gasteiger partial charge in [-0.15, -0.1) is 10.2 Å². The second-order valence-electron chi connectivity index (χ2n) is 3.64. The third-order valence-corrected chi connectivity index (χ3v) is 2.39. The van der Waals surface area contributed by atoms with Crippen molar-refractivity contribution in [2.24, 2.45) is 0 Å². The first-order valence-corrected chi connectivity index (χ1v) is 5.42. The van der Waals surface area contributed by atoms with Crippen LogP contribution in [0.15, 0.2) is 30.3 Å². The quantitative estimate of drug-likeness (QED) is 0.749. The van der Waals surface area contributed by atoms with Gasteiger partial charge in [-0.25, -0.2) is 0 Å². The molecule has 0 aliphatic rings. The van der Waals surface area contributed by atoms with Crippen LogP contribution in [0.5, 0.6) is 0 Å². The van der Waals surface area contributed by atoms with E-state index in [-0.39, 0.29) is 0 Å². The van der Waals surface area contributed by atoms with E-state index in [9.17, 15) is 0 Å². The summed E-state index contributed by atoms with van der Waals surface area (Å²) in [7, 11) is 2.03. The van der Waals surface area contributed by atoms with E-state index in [0.29, 0.717) is 19.0 Å². The molecule has 1 aromatic heterocycles. The second-order valence-corrected chi connectivity index (χ2v) is 3.64. The Morgan fingerprint density at radius 2 is 2.12 bits per heavy atom. The number of benzene rings is 1. The molecule has 0 atom stereocenters. The lowest BCUT2D eigenvalue weighted by molar-refractivity contribution is 0.122. The predicted octanol–water partition coefficient (Wildman–Crippen LogP) is 0.853. The maximum absolute atomic E-state index is 5.44. The van der Waals surface area contributed by atoms with Crippen molar-refractivity contribution < 1.29 is 4.74 Å². The molecule has 0 saturated carbocycles. The maximum atomic E-state index is 5.44. The van der Waals surface area contributed by atoms with Crippen molar-refractivity contribution in [3.05, 3.63) is 36.2 Å². The van der Waals surface area contributed by atoms with Gasteiger partial charge in [0.2, 0.25) is 0 Å². The Hall–Kier alpha value is -1.95. The summed E-state index contributed by atoms with van der Waals surface area (Å²) in [5.41, 5.74) is 1.18. The van der Waals surface area contributed by atoms with E-state index in [1.165, 1.54) is 5.69 Å². The zero-order valence-corrected chi connectivity index (χ0v) is 9.71. The molecule has 0 aliphatic heterocycles. The minimum absolute atomic E-state index is 0.388. The number of likely N-dealkylation sites (N-methyl/N-ethyl adjacent to an activating group) is 1. The number of para-hydroxylation sites is 1. The van der Waals surface area contributed by atoms with Gasteiger partial charge in [0.25, 0.3) is 0 Å². The Morgan fingerprint density at radius 1 is 1.29 bits per heavy atom. The molecule has 0 aliphatic carbocycles. The number of aromatic amines is 1. The van der Waals surface area contributed by atoms with E-state index < -0.39 is 0 Å². The molecule has 0 radical (unpaired) electrons. The Labute approximate surface area is 99.6 Å². The average Bonchev–Trinajstić information content (AvgIpc) is 2.88. The predicted molar refractivity (Wildman–Crippen MR) is 63.5 cm³/mol. The molecule has 90 valence electrons. The summed E-state index contributed by atoms with van der Waals surface area (Å²) >= 11 is 0. The lowest BCUT2D eigenvalue weighted by atomic mass is 10.3. The van der Waals surface area contributed by atoms with Gasteiger partial charge in [0, 0.05) is 19.3 Å². The van der Waals surface area contributed by atoms with Crippen LogP contribution in [-0.4, -0.2) is 40.8 Å². The fraction of sp³-hybridized carbons (Fsp3) is 0.364. The second kappa shape index (κ2) is 5.95. The first kappa shape index (κ1) is 11.5. The zero-order chi connectivity index (χ0) is 11.9. The summed E-state index contributed by atoms with van der Waals surface area (Å²) in [6, 6.07) is 10.2. The third-order valence-electron chi connectivity index (χ3n) is 2.39. The van der Waals surface area contributed by atoms with Crippen LogP contribution in [-0.2, 0) is 11.3 Å². The van der Waals surface area contributed by atoms with Gasteiger partial charge in [-0.1, -0.05) is 23.4 Å². The number of rotatable bonds is 6. The molecule has 1 aromatic carbocycles. The first-order chi connectivity index (χ1) is 8.36. The molecule has 0 unspecified atom stereocenters. The molecular formula is C11H15N5O. The Balaban J connectivity index is 1.68. The minimum atomic E-state index is 0.388. The number of hydrogen-bond acceptors (Lipinski definition) is 5. The van der Waals surface area contributed by atoms with E-state index in [2.05, 4.69) is 37.7 Å². The van der Waals surface area contributed by atoms with Gasteiger partial charge in [0.1, 0.15) is 6.61 Å². The van der Waals surface area contributed by atoms with Crippen LogP contribution in [0.3, 0.4) is 0 Å². The number of nitrogens with one attached hydrogen (secondary N) is 1. The molecule has 1 N–H and O–H groups in total. The smallest absolute Gasteiger partial charge is 0.200 e. The molecule has 6 heteroatoms. The third kappa shape index (κ3) is 3.53. The van der Waals surface area contributed by atoms with Crippen LogP contribution in [0.4, 0.5) is 5.69 Å². The Bertz CT molecular complexity index is 417. The summed E-state index contributed by atoms with van der Waals surface area (Å²) in [6.07, 6.45) is 0. The number of anilines is 1. The molecule has 0 bridgehead atoms. The molecule has 17 heavy (non-hydrogen) atoms. The van der Waals surface area contributed by atoms with Gasteiger partial charge in [0.15, 0.2) is 5.82 Å². The summed E-state index contributed by atoms with van der Waals surface area (Å²) in [5, 5.41) is 13.5. The fourth-order valence-electron chi connectivity index (χ4n) is 1.42. The van der Waals surface area contributed by atoms with Crippen LogP contribution in [0.2, 0.25) is 0 Å². The van der Waals surface area contributed by atoms with Gasteiger partial charge in [-0.3, -0.25) is 0 Å². The largest absolute Gasteiger partial charge is 0.372 e. The maximum Gasteiger partial charge on any atom is 0.200 e. The highest BCUT2D eigenvalue weighted by Gasteiger charge is 2.01. The van der Waals surface area contributed by atoms with Crippen LogP contribution in [0.1, 0.15) is 5.82 Å². The molecule has 0 spiro atoms. The average molecular weight is 233 g/mol. The number of hydrogen-bond donors (Lipinski definition) is 1. The van der Waals surface area contributed by atoms with Crippen molar-refractivity contribution >= 4 is 5.69 Å². The highest BCUT2D eigenvalue weighted by molar-refractivity contribution is 5.44. The van der Waals surface area contributed by atoms with Crippen LogP contribution in [0.25, 0.3) is 0 Å². The standard InChI is InChI=1S/C11H15N5O/c1-16(10-5-3-2-4-6-10)7-8-17-9-11-12-14-15-13-11/h2-6H,7-9H2,1H3,(H,12,13,14,15). The molecule has 0 amide bonds. The van der Waals surface area contributed by atoms with Crippen LogP contribution >= 0.6 is 0 Å². The monoisotopic (exact) mass is 233 g/mol. The molecule has 2 aromatic rings. The molecule has 0 saturated heterocycles. The molecular weight excluding hydrogens is 218 g/mol. The molecule has 0 fully saturated rings. The van der Waals surface area contributed by atoms with Crippen molar-refractivity contribution in [3.63, 3.8) is 0 Å². The highest BCUT2D eigenvalue weighted by Crippen LogP contribution is 2.10. The first-order valence-electron chi connectivity index (χ1n) is 5.42. The lowest BCUT2D eigenvalue weighted by Gasteiger charge is -2.18. The Kier molecular flexibility index (Phi) is 4.04. The van der Waals surface area contributed by atoms with Gasteiger partial charge < -0.3 is 9.64 Å². The minimum Gasteiger partial charge on any atom is -0.372 e. The van der Waals surface area contributed by atoms with E-state index in [1.54, 1.807) is 0 Å². The highest BCUT2D eigenvalue weighted by atomic mass is 16.5. The zero-order valence-electron chi connectivity index (χ0n) is 9.71. The van der Waals surface area contributed by atoms with Crippen molar-refractivity contribution in [3.8, 4) is 0 Å². The van der Waals surface area contributed by atoms with Crippen LogP contribution in [0, 0.1) is 0 Å².